The Kier molecular flexibility index (Phi) is 3.50. The lowest BCUT2D eigenvalue weighted by Gasteiger charge is -2.32. The zero-order valence-corrected chi connectivity index (χ0v) is 11.4. The number of nitrogens with one attached hydrogen (secondary N) is 2. The molecule has 1 aromatic heterocycles. The molecular weight excluding hydrogens is 242 g/mol. The molecule has 2 aliphatic heterocycles. The number of rotatable bonds is 3. The maximum atomic E-state index is 12.1. The standard InChI is InChI=1S/C13H21N5O/c1-2-11-15-12(17-16-11)13(19)14-9-6-8-18-7-4-3-5-10(9)18/h9-10H,2-8H2,1H3,(H,14,19)(H,15,16,17). The number of amides is 1. The summed E-state index contributed by atoms with van der Waals surface area (Å²) in [6.07, 6.45) is 5.56. The summed E-state index contributed by atoms with van der Waals surface area (Å²) < 4.78 is 0. The summed E-state index contributed by atoms with van der Waals surface area (Å²) in [5.74, 6) is 0.885. The second-order valence-electron chi connectivity index (χ2n) is 5.43. The van der Waals surface area contributed by atoms with Crippen molar-refractivity contribution in [2.45, 2.75) is 51.1 Å². The minimum atomic E-state index is -0.145. The Balaban J connectivity index is 1.63. The van der Waals surface area contributed by atoms with Crippen LogP contribution in [-0.4, -0.2) is 51.2 Å². The van der Waals surface area contributed by atoms with Gasteiger partial charge in [-0.1, -0.05) is 13.3 Å². The van der Waals surface area contributed by atoms with Gasteiger partial charge >= 0.3 is 0 Å². The third kappa shape index (κ3) is 2.49. The van der Waals surface area contributed by atoms with E-state index >= 15 is 0 Å². The van der Waals surface area contributed by atoms with E-state index in [1.165, 1.54) is 25.8 Å². The number of carbonyl (C=O) groups excluding carboxylic acids is 1. The van der Waals surface area contributed by atoms with Crippen LogP contribution in [0.3, 0.4) is 0 Å². The van der Waals surface area contributed by atoms with Gasteiger partial charge in [0.1, 0.15) is 5.82 Å². The van der Waals surface area contributed by atoms with Crippen molar-refractivity contribution in [3.8, 4) is 0 Å². The number of fused-ring (bicyclic) bond motifs is 1. The summed E-state index contributed by atoms with van der Waals surface area (Å²) in [6, 6.07) is 0.777. The molecule has 3 rings (SSSR count). The van der Waals surface area contributed by atoms with Gasteiger partial charge in [0.2, 0.25) is 5.82 Å². The van der Waals surface area contributed by atoms with Gasteiger partial charge in [-0.3, -0.25) is 14.8 Å². The Morgan fingerprint density at radius 1 is 1.42 bits per heavy atom. The van der Waals surface area contributed by atoms with E-state index in [1.807, 2.05) is 6.92 Å². The predicted octanol–water partition coefficient (Wildman–Crippen LogP) is 0.724. The van der Waals surface area contributed by atoms with Crippen molar-refractivity contribution in [1.29, 1.82) is 0 Å². The number of H-pyrrole nitrogens is 1. The number of nitrogens with zero attached hydrogens (tertiary/aromatic N) is 3. The summed E-state index contributed by atoms with van der Waals surface area (Å²) >= 11 is 0. The smallest absolute Gasteiger partial charge is 0.291 e. The van der Waals surface area contributed by atoms with Crippen LogP contribution >= 0.6 is 0 Å². The fourth-order valence-corrected chi connectivity index (χ4v) is 3.20. The first-order chi connectivity index (χ1) is 9.28. The minimum absolute atomic E-state index is 0.145. The minimum Gasteiger partial charge on any atom is -0.345 e. The number of hydrogen-bond acceptors (Lipinski definition) is 4. The molecule has 6 nitrogen and oxygen atoms in total. The first-order valence-corrected chi connectivity index (χ1v) is 7.24. The molecule has 0 bridgehead atoms. The number of aromatic nitrogens is 3. The highest BCUT2D eigenvalue weighted by molar-refractivity contribution is 5.90. The van der Waals surface area contributed by atoms with Gasteiger partial charge in [0, 0.05) is 25.0 Å². The van der Waals surface area contributed by atoms with Crippen LogP contribution in [0.4, 0.5) is 0 Å². The first-order valence-electron chi connectivity index (χ1n) is 7.24. The molecule has 3 heterocycles. The number of carbonyl (C=O) groups is 1. The Morgan fingerprint density at radius 2 is 2.32 bits per heavy atom. The van der Waals surface area contributed by atoms with E-state index in [9.17, 15) is 4.79 Å². The van der Waals surface area contributed by atoms with E-state index < -0.39 is 0 Å². The van der Waals surface area contributed by atoms with Crippen LogP contribution in [0.1, 0.15) is 49.1 Å². The average Bonchev–Trinajstić information content (AvgIpc) is 3.06. The van der Waals surface area contributed by atoms with Gasteiger partial charge in [0.25, 0.3) is 5.91 Å². The van der Waals surface area contributed by atoms with Crippen LogP contribution in [0.25, 0.3) is 0 Å². The molecule has 104 valence electrons. The Bertz CT molecular complexity index is 458. The summed E-state index contributed by atoms with van der Waals surface area (Å²) in [4.78, 5) is 18.8. The molecule has 2 aliphatic rings. The number of aromatic amines is 1. The SMILES string of the molecule is CCc1nc(C(=O)NC2CCN3CCCCC23)n[nH]1. The van der Waals surface area contributed by atoms with Crippen molar-refractivity contribution >= 4 is 5.91 Å². The van der Waals surface area contributed by atoms with E-state index in [0.29, 0.717) is 6.04 Å². The molecule has 0 saturated carbocycles. The highest BCUT2D eigenvalue weighted by Crippen LogP contribution is 2.27. The van der Waals surface area contributed by atoms with Crippen LogP contribution in [0.2, 0.25) is 0 Å². The second kappa shape index (κ2) is 5.28. The third-order valence-electron chi connectivity index (χ3n) is 4.24. The highest BCUT2D eigenvalue weighted by atomic mass is 16.2. The third-order valence-corrected chi connectivity index (χ3v) is 4.24. The van der Waals surface area contributed by atoms with Gasteiger partial charge in [-0.15, -0.1) is 5.10 Å². The van der Waals surface area contributed by atoms with E-state index in [2.05, 4.69) is 25.4 Å². The predicted molar refractivity (Wildman–Crippen MR) is 70.8 cm³/mol. The molecule has 0 spiro atoms. The lowest BCUT2D eigenvalue weighted by molar-refractivity contribution is 0.0905. The quantitative estimate of drug-likeness (QED) is 0.843. The largest absolute Gasteiger partial charge is 0.345 e. The molecule has 19 heavy (non-hydrogen) atoms. The molecule has 1 aromatic rings. The normalized spacial score (nSPS) is 27.2. The molecule has 2 unspecified atom stereocenters. The monoisotopic (exact) mass is 263 g/mol. The van der Waals surface area contributed by atoms with Crippen LogP contribution < -0.4 is 5.32 Å². The zero-order valence-electron chi connectivity index (χ0n) is 11.4. The number of piperidine rings is 1. The van der Waals surface area contributed by atoms with E-state index in [0.717, 1.165) is 25.2 Å². The van der Waals surface area contributed by atoms with Crippen molar-refractivity contribution in [2.75, 3.05) is 13.1 Å². The fraction of sp³-hybridized carbons (Fsp3) is 0.769. The topological polar surface area (TPSA) is 73.9 Å². The van der Waals surface area contributed by atoms with Crippen LogP contribution in [0.15, 0.2) is 0 Å². The molecule has 2 saturated heterocycles. The maximum absolute atomic E-state index is 12.1. The summed E-state index contributed by atoms with van der Waals surface area (Å²) in [6.45, 7) is 4.26. The van der Waals surface area contributed by atoms with Gasteiger partial charge in [-0.25, -0.2) is 4.98 Å². The van der Waals surface area contributed by atoms with Crippen molar-refractivity contribution in [3.63, 3.8) is 0 Å². The average molecular weight is 263 g/mol. The van der Waals surface area contributed by atoms with Crippen molar-refractivity contribution in [2.24, 2.45) is 0 Å². The molecule has 0 aliphatic carbocycles. The Hall–Kier alpha value is -1.43. The molecule has 6 heteroatoms. The molecule has 0 aromatic carbocycles. The lowest BCUT2D eigenvalue weighted by Crippen LogP contribution is -2.47. The van der Waals surface area contributed by atoms with Crippen LogP contribution in [0.5, 0.6) is 0 Å². The summed E-state index contributed by atoms with van der Waals surface area (Å²) in [5.41, 5.74) is 0. The second-order valence-corrected chi connectivity index (χ2v) is 5.43. The van der Waals surface area contributed by atoms with E-state index in [-0.39, 0.29) is 17.8 Å². The molecular formula is C13H21N5O. The molecule has 0 radical (unpaired) electrons. The van der Waals surface area contributed by atoms with Crippen LogP contribution in [-0.2, 0) is 6.42 Å². The van der Waals surface area contributed by atoms with Crippen molar-refractivity contribution in [3.05, 3.63) is 11.6 Å². The number of aryl methyl sites for hydroxylation is 1. The fourth-order valence-electron chi connectivity index (χ4n) is 3.20. The lowest BCUT2D eigenvalue weighted by atomic mass is 9.99. The summed E-state index contributed by atoms with van der Waals surface area (Å²) in [7, 11) is 0. The summed E-state index contributed by atoms with van der Waals surface area (Å²) in [5, 5.41) is 9.86. The molecule has 2 fully saturated rings. The van der Waals surface area contributed by atoms with E-state index in [4.69, 9.17) is 0 Å². The maximum Gasteiger partial charge on any atom is 0.291 e. The van der Waals surface area contributed by atoms with Gasteiger partial charge in [0.05, 0.1) is 0 Å². The van der Waals surface area contributed by atoms with Crippen LogP contribution in [0, 0.1) is 0 Å². The zero-order chi connectivity index (χ0) is 13.2. The van der Waals surface area contributed by atoms with E-state index in [1.54, 1.807) is 0 Å². The molecule has 1 amide bonds. The molecule has 2 atom stereocenters. The van der Waals surface area contributed by atoms with Gasteiger partial charge < -0.3 is 5.32 Å². The van der Waals surface area contributed by atoms with Gasteiger partial charge in [0.15, 0.2) is 0 Å². The van der Waals surface area contributed by atoms with Gasteiger partial charge in [-0.2, -0.15) is 0 Å². The highest BCUT2D eigenvalue weighted by Gasteiger charge is 2.36. The Morgan fingerprint density at radius 3 is 3.11 bits per heavy atom. The van der Waals surface area contributed by atoms with Crippen molar-refractivity contribution < 1.29 is 4.79 Å². The first kappa shape index (κ1) is 12.6. The molecule has 2 N–H and O–H groups in total. The Labute approximate surface area is 113 Å². The van der Waals surface area contributed by atoms with Gasteiger partial charge in [-0.05, 0) is 25.8 Å². The van der Waals surface area contributed by atoms with Crippen molar-refractivity contribution in [1.82, 2.24) is 25.4 Å². The number of hydrogen-bond donors (Lipinski definition) is 2.